The Kier molecular flexibility index (Phi) is 5.58. The van der Waals surface area contributed by atoms with E-state index in [4.69, 9.17) is 13.9 Å². The summed E-state index contributed by atoms with van der Waals surface area (Å²) >= 11 is 0. The zero-order valence-electron chi connectivity index (χ0n) is 17.2. The first-order valence-corrected chi connectivity index (χ1v) is 10.1. The summed E-state index contributed by atoms with van der Waals surface area (Å²) in [7, 11) is 3.35. The Hall–Kier alpha value is -2.79. The van der Waals surface area contributed by atoms with Crippen molar-refractivity contribution in [1.82, 2.24) is 4.90 Å². The monoisotopic (exact) mass is 393 g/mol. The van der Waals surface area contributed by atoms with Gasteiger partial charge in [-0.15, -0.1) is 0 Å². The molecule has 2 heterocycles. The molecule has 5 heteroatoms. The number of nitrogens with zero attached hydrogens (tertiary/aromatic N) is 1. The lowest BCUT2D eigenvalue weighted by atomic mass is 10.0. The van der Waals surface area contributed by atoms with Crippen molar-refractivity contribution in [2.45, 2.75) is 38.8 Å². The summed E-state index contributed by atoms with van der Waals surface area (Å²) < 4.78 is 16.5. The number of benzene rings is 2. The summed E-state index contributed by atoms with van der Waals surface area (Å²) in [5.41, 5.74) is 3.72. The first kappa shape index (κ1) is 19.5. The van der Waals surface area contributed by atoms with Gasteiger partial charge in [0.1, 0.15) is 17.1 Å². The van der Waals surface area contributed by atoms with Crippen LogP contribution in [0.4, 0.5) is 0 Å². The van der Waals surface area contributed by atoms with Crippen molar-refractivity contribution in [3.8, 4) is 11.5 Å². The van der Waals surface area contributed by atoms with E-state index < -0.39 is 0 Å². The van der Waals surface area contributed by atoms with Crippen molar-refractivity contribution in [1.29, 1.82) is 0 Å². The lowest BCUT2D eigenvalue weighted by Gasteiger charge is -2.26. The van der Waals surface area contributed by atoms with Crippen LogP contribution in [0.15, 0.2) is 51.7 Å². The van der Waals surface area contributed by atoms with Crippen molar-refractivity contribution in [2.24, 2.45) is 0 Å². The van der Waals surface area contributed by atoms with Crippen molar-refractivity contribution in [3.05, 3.63) is 69.6 Å². The van der Waals surface area contributed by atoms with E-state index in [2.05, 4.69) is 30.0 Å². The van der Waals surface area contributed by atoms with Crippen LogP contribution >= 0.6 is 0 Å². The van der Waals surface area contributed by atoms with Gasteiger partial charge in [0.2, 0.25) is 0 Å². The molecule has 0 N–H and O–H groups in total. The van der Waals surface area contributed by atoms with E-state index >= 15 is 0 Å². The number of hydrogen-bond acceptors (Lipinski definition) is 5. The van der Waals surface area contributed by atoms with E-state index in [0.29, 0.717) is 12.1 Å². The van der Waals surface area contributed by atoms with Crippen LogP contribution in [-0.2, 0) is 13.0 Å². The quantitative estimate of drug-likeness (QED) is 0.568. The van der Waals surface area contributed by atoms with Crippen LogP contribution < -0.4 is 15.1 Å². The summed E-state index contributed by atoms with van der Waals surface area (Å²) in [6, 6.07) is 14.0. The molecule has 0 unspecified atom stereocenters. The average molecular weight is 393 g/mol. The number of ether oxygens (including phenoxy) is 2. The maximum Gasteiger partial charge on any atom is 0.336 e. The highest BCUT2D eigenvalue weighted by molar-refractivity contribution is 5.80. The van der Waals surface area contributed by atoms with E-state index in [1.54, 1.807) is 20.3 Å². The summed E-state index contributed by atoms with van der Waals surface area (Å²) in [6.45, 7) is 3.78. The van der Waals surface area contributed by atoms with Gasteiger partial charge in [0.25, 0.3) is 0 Å². The fraction of sp³-hybridized carbons (Fsp3) is 0.375. The first-order chi connectivity index (χ1) is 14.1. The zero-order valence-corrected chi connectivity index (χ0v) is 17.2. The number of hydrogen-bond donors (Lipinski definition) is 0. The Bertz CT molecular complexity index is 1070. The molecule has 1 aromatic heterocycles. The molecule has 0 radical (unpaired) electrons. The van der Waals surface area contributed by atoms with Gasteiger partial charge >= 0.3 is 5.63 Å². The third-order valence-electron chi connectivity index (χ3n) is 5.84. The molecule has 1 fully saturated rings. The summed E-state index contributed by atoms with van der Waals surface area (Å²) in [5, 5.41) is 1.01. The van der Waals surface area contributed by atoms with Crippen LogP contribution in [0, 0.1) is 0 Å². The second-order valence-corrected chi connectivity index (χ2v) is 7.51. The topological polar surface area (TPSA) is 51.9 Å². The molecule has 0 spiro atoms. The molecular weight excluding hydrogens is 366 g/mol. The third kappa shape index (κ3) is 3.87. The second kappa shape index (κ2) is 8.29. The largest absolute Gasteiger partial charge is 0.497 e. The van der Waals surface area contributed by atoms with Crippen molar-refractivity contribution >= 4 is 11.0 Å². The van der Waals surface area contributed by atoms with E-state index in [0.717, 1.165) is 53.8 Å². The highest BCUT2D eigenvalue weighted by Gasteiger charge is 2.29. The number of likely N-dealkylation sites (tertiary alicyclic amines) is 1. The number of aryl methyl sites for hydroxylation is 1. The molecule has 3 aromatic rings. The second-order valence-electron chi connectivity index (χ2n) is 7.51. The SMILES string of the molecule is CCc1ccc2c(CN3CCC[C@H]3c3ccc(OC)cc3OC)cc(=O)oc2c1. The van der Waals surface area contributed by atoms with E-state index in [1.165, 1.54) is 5.56 Å². The molecule has 1 aliphatic heterocycles. The zero-order chi connectivity index (χ0) is 20.4. The van der Waals surface area contributed by atoms with Gasteiger partial charge in [-0.25, -0.2) is 4.79 Å². The van der Waals surface area contributed by atoms with Gasteiger partial charge in [-0.3, -0.25) is 4.90 Å². The molecule has 5 nitrogen and oxygen atoms in total. The highest BCUT2D eigenvalue weighted by Crippen LogP contribution is 2.39. The van der Waals surface area contributed by atoms with Gasteiger partial charge in [0.15, 0.2) is 0 Å². The number of methoxy groups -OCH3 is 2. The van der Waals surface area contributed by atoms with Gasteiger partial charge in [0, 0.05) is 35.7 Å². The lowest BCUT2D eigenvalue weighted by Crippen LogP contribution is -2.24. The predicted octanol–water partition coefficient (Wildman–Crippen LogP) is 4.71. The van der Waals surface area contributed by atoms with Gasteiger partial charge in [0.05, 0.1) is 14.2 Å². The fourth-order valence-corrected chi connectivity index (χ4v) is 4.31. The molecular formula is C24H27NO4. The smallest absolute Gasteiger partial charge is 0.336 e. The summed E-state index contributed by atoms with van der Waals surface area (Å²) in [6.07, 6.45) is 3.08. The Morgan fingerprint density at radius 1 is 1.10 bits per heavy atom. The van der Waals surface area contributed by atoms with Gasteiger partial charge in [-0.05, 0) is 49.1 Å². The van der Waals surface area contributed by atoms with Crippen molar-refractivity contribution < 1.29 is 13.9 Å². The predicted molar refractivity (Wildman–Crippen MR) is 114 cm³/mol. The molecule has 0 amide bonds. The Morgan fingerprint density at radius 3 is 2.72 bits per heavy atom. The minimum absolute atomic E-state index is 0.244. The molecule has 0 aliphatic carbocycles. The standard InChI is InChI=1S/C24H27NO4/c1-4-16-7-9-19-17(13-24(26)29-23(19)12-16)15-25-11-5-6-21(25)20-10-8-18(27-2)14-22(20)28-3/h7-10,12-14,21H,4-6,11,15H2,1-3H3/t21-/m0/s1. The number of fused-ring (bicyclic) bond motifs is 1. The van der Waals surface area contributed by atoms with Crippen molar-refractivity contribution in [3.63, 3.8) is 0 Å². The van der Waals surface area contributed by atoms with Crippen LogP contribution in [0.2, 0.25) is 0 Å². The average Bonchev–Trinajstić information content (AvgIpc) is 3.20. The Morgan fingerprint density at radius 2 is 1.97 bits per heavy atom. The molecule has 1 atom stereocenters. The van der Waals surface area contributed by atoms with Gasteiger partial charge < -0.3 is 13.9 Å². The molecule has 1 saturated heterocycles. The Labute approximate surface area is 170 Å². The van der Waals surface area contributed by atoms with Gasteiger partial charge in [-0.2, -0.15) is 0 Å². The minimum Gasteiger partial charge on any atom is -0.497 e. The molecule has 0 saturated carbocycles. The molecule has 0 bridgehead atoms. The van der Waals surface area contributed by atoms with Crippen LogP contribution in [0.3, 0.4) is 0 Å². The van der Waals surface area contributed by atoms with Crippen LogP contribution in [0.1, 0.15) is 42.5 Å². The van der Waals surface area contributed by atoms with Crippen LogP contribution in [0.5, 0.6) is 11.5 Å². The normalized spacial score (nSPS) is 17.0. The molecule has 1 aliphatic rings. The van der Waals surface area contributed by atoms with Crippen LogP contribution in [-0.4, -0.2) is 25.7 Å². The number of rotatable bonds is 6. The van der Waals surface area contributed by atoms with E-state index in [-0.39, 0.29) is 11.7 Å². The fourth-order valence-electron chi connectivity index (χ4n) is 4.31. The van der Waals surface area contributed by atoms with E-state index in [9.17, 15) is 4.79 Å². The van der Waals surface area contributed by atoms with Crippen molar-refractivity contribution in [2.75, 3.05) is 20.8 Å². The maximum atomic E-state index is 12.2. The maximum absolute atomic E-state index is 12.2. The van der Waals surface area contributed by atoms with Crippen LogP contribution in [0.25, 0.3) is 11.0 Å². The van der Waals surface area contributed by atoms with Gasteiger partial charge in [-0.1, -0.05) is 25.1 Å². The summed E-state index contributed by atoms with van der Waals surface area (Å²) in [4.78, 5) is 14.6. The lowest BCUT2D eigenvalue weighted by molar-refractivity contribution is 0.243. The molecule has 29 heavy (non-hydrogen) atoms. The highest BCUT2D eigenvalue weighted by atomic mass is 16.5. The summed E-state index contributed by atoms with van der Waals surface area (Å²) in [5.74, 6) is 1.62. The first-order valence-electron chi connectivity index (χ1n) is 10.1. The minimum atomic E-state index is -0.293. The molecule has 152 valence electrons. The Balaban J connectivity index is 1.68. The third-order valence-corrected chi connectivity index (χ3v) is 5.84. The molecule has 2 aromatic carbocycles. The molecule has 4 rings (SSSR count). The van der Waals surface area contributed by atoms with E-state index in [1.807, 2.05) is 18.2 Å².